The molecule has 1 aromatic heterocycles. The van der Waals surface area contributed by atoms with Crippen LogP contribution in [-0.2, 0) is 6.54 Å². The summed E-state index contributed by atoms with van der Waals surface area (Å²) >= 11 is 0. The lowest BCUT2D eigenvalue weighted by molar-refractivity contribution is 0.0934. The number of nitrogens with zero attached hydrogens (tertiary/aromatic N) is 3. The highest BCUT2D eigenvalue weighted by Crippen LogP contribution is 2.17. The van der Waals surface area contributed by atoms with Crippen LogP contribution in [0, 0.1) is 0 Å². The molecule has 6 nitrogen and oxygen atoms in total. The quantitative estimate of drug-likeness (QED) is 0.843. The van der Waals surface area contributed by atoms with Gasteiger partial charge in [0.25, 0.3) is 5.91 Å². The Morgan fingerprint density at radius 2 is 2.10 bits per heavy atom. The van der Waals surface area contributed by atoms with Crippen LogP contribution in [0.4, 0.5) is 0 Å². The number of carbonyl (C=O) groups is 1. The van der Waals surface area contributed by atoms with Crippen molar-refractivity contribution in [3.05, 3.63) is 36.2 Å². The first-order chi connectivity index (χ1) is 10.2. The molecular weight excluding hydrogens is 268 g/mol. The summed E-state index contributed by atoms with van der Waals surface area (Å²) in [4.78, 5) is 12.0. The highest BCUT2D eigenvalue weighted by Gasteiger charge is 2.11. The lowest BCUT2D eigenvalue weighted by atomic mass is 10.1. The van der Waals surface area contributed by atoms with Gasteiger partial charge in [0.2, 0.25) is 0 Å². The molecule has 6 heteroatoms. The minimum absolute atomic E-state index is 0.0506. The first-order valence-corrected chi connectivity index (χ1v) is 7.05. The standard InChI is InChI=1S/C15H20N4O2/c1-3-19-10-16-18-14(19)12-4-6-13(7-5-12)15(21)17-11(2)8-9-20/h4-7,10-11,20H,3,8-9H2,1-2H3,(H,17,21). The van der Waals surface area contributed by atoms with E-state index < -0.39 is 0 Å². The summed E-state index contributed by atoms with van der Waals surface area (Å²) in [6.07, 6.45) is 2.23. The fourth-order valence-corrected chi connectivity index (χ4v) is 2.05. The van der Waals surface area contributed by atoms with E-state index in [0.717, 1.165) is 17.9 Å². The number of amides is 1. The molecule has 1 heterocycles. The number of nitrogens with one attached hydrogen (secondary N) is 1. The number of hydrogen-bond donors (Lipinski definition) is 2. The molecule has 0 aliphatic rings. The molecule has 0 fully saturated rings. The third-order valence-corrected chi connectivity index (χ3v) is 3.30. The van der Waals surface area contributed by atoms with E-state index >= 15 is 0 Å². The number of carbonyl (C=O) groups excluding carboxylic acids is 1. The average Bonchev–Trinajstić information content (AvgIpc) is 2.96. The van der Waals surface area contributed by atoms with Gasteiger partial charge < -0.3 is 15.0 Å². The largest absolute Gasteiger partial charge is 0.396 e. The number of aliphatic hydroxyl groups excluding tert-OH is 1. The van der Waals surface area contributed by atoms with Crippen LogP contribution in [0.3, 0.4) is 0 Å². The van der Waals surface area contributed by atoms with Crippen molar-refractivity contribution in [1.82, 2.24) is 20.1 Å². The summed E-state index contributed by atoms with van der Waals surface area (Å²) in [5, 5.41) is 19.7. The predicted octanol–water partition coefficient (Wildman–Crippen LogP) is 1.47. The number of benzene rings is 1. The van der Waals surface area contributed by atoms with Crippen molar-refractivity contribution in [3.63, 3.8) is 0 Å². The van der Waals surface area contributed by atoms with Gasteiger partial charge >= 0.3 is 0 Å². The SMILES string of the molecule is CCn1cnnc1-c1ccc(C(=O)NC(C)CCO)cc1. The van der Waals surface area contributed by atoms with Gasteiger partial charge in [0.05, 0.1) is 0 Å². The van der Waals surface area contributed by atoms with Crippen molar-refractivity contribution >= 4 is 5.91 Å². The summed E-state index contributed by atoms with van der Waals surface area (Å²) in [6.45, 7) is 4.75. The van der Waals surface area contributed by atoms with Crippen LogP contribution in [0.15, 0.2) is 30.6 Å². The lowest BCUT2D eigenvalue weighted by Gasteiger charge is -2.12. The molecular formula is C15H20N4O2. The van der Waals surface area contributed by atoms with Gasteiger partial charge in [-0.25, -0.2) is 0 Å². The molecule has 0 radical (unpaired) electrons. The van der Waals surface area contributed by atoms with E-state index in [1.165, 1.54) is 0 Å². The third-order valence-electron chi connectivity index (χ3n) is 3.30. The topological polar surface area (TPSA) is 80.0 Å². The van der Waals surface area contributed by atoms with Crippen molar-refractivity contribution in [2.24, 2.45) is 0 Å². The molecule has 1 unspecified atom stereocenters. The molecule has 1 aromatic carbocycles. The van der Waals surface area contributed by atoms with Crippen LogP contribution >= 0.6 is 0 Å². The molecule has 0 aliphatic heterocycles. The van der Waals surface area contributed by atoms with E-state index in [9.17, 15) is 4.79 Å². The molecule has 2 rings (SSSR count). The first kappa shape index (κ1) is 15.2. The molecule has 21 heavy (non-hydrogen) atoms. The van der Waals surface area contributed by atoms with Crippen LogP contribution in [0.25, 0.3) is 11.4 Å². The molecule has 1 atom stereocenters. The highest BCUT2D eigenvalue weighted by atomic mass is 16.3. The van der Waals surface area contributed by atoms with E-state index in [1.54, 1.807) is 18.5 Å². The molecule has 0 aliphatic carbocycles. The van der Waals surface area contributed by atoms with E-state index in [2.05, 4.69) is 15.5 Å². The van der Waals surface area contributed by atoms with Crippen LogP contribution in [0.1, 0.15) is 30.6 Å². The van der Waals surface area contributed by atoms with Crippen molar-refractivity contribution in [3.8, 4) is 11.4 Å². The fraction of sp³-hybridized carbons (Fsp3) is 0.400. The van der Waals surface area contributed by atoms with Crippen molar-refractivity contribution in [2.75, 3.05) is 6.61 Å². The molecule has 0 bridgehead atoms. The minimum Gasteiger partial charge on any atom is -0.396 e. The Morgan fingerprint density at radius 1 is 1.38 bits per heavy atom. The van der Waals surface area contributed by atoms with Crippen LogP contribution in [0.5, 0.6) is 0 Å². The smallest absolute Gasteiger partial charge is 0.251 e. The van der Waals surface area contributed by atoms with Gasteiger partial charge in [0.15, 0.2) is 5.82 Å². The second-order valence-corrected chi connectivity index (χ2v) is 4.90. The van der Waals surface area contributed by atoms with E-state index in [-0.39, 0.29) is 18.6 Å². The molecule has 0 saturated heterocycles. The molecule has 2 N–H and O–H groups in total. The normalized spacial score (nSPS) is 12.1. The zero-order valence-corrected chi connectivity index (χ0v) is 12.3. The Labute approximate surface area is 123 Å². The van der Waals surface area contributed by atoms with Gasteiger partial charge in [0.1, 0.15) is 6.33 Å². The van der Waals surface area contributed by atoms with Gasteiger partial charge in [0, 0.05) is 30.3 Å². The minimum atomic E-state index is -0.139. The maximum Gasteiger partial charge on any atom is 0.251 e. The van der Waals surface area contributed by atoms with Gasteiger partial charge in [-0.15, -0.1) is 10.2 Å². The number of aromatic nitrogens is 3. The maximum atomic E-state index is 12.0. The average molecular weight is 288 g/mol. The molecule has 0 spiro atoms. The first-order valence-electron chi connectivity index (χ1n) is 7.05. The Bertz CT molecular complexity index is 592. The fourth-order valence-electron chi connectivity index (χ4n) is 2.05. The van der Waals surface area contributed by atoms with Crippen LogP contribution in [0.2, 0.25) is 0 Å². The highest BCUT2D eigenvalue weighted by molar-refractivity contribution is 5.94. The van der Waals surface area contributed by atoms with Crippen molar-refractivity contribution < 1.29 is 9.90 Å². The molecule has 1 amide bonds. The summed E-state index contributed by atoms with van der Waals surface area (Å²) in [5.74, 6) is 0.651. The Balaban J connectivity index is 2.10. The van der Waals surface area contributed by atoms with Crippen molar-refractivity contribution in [1.29, 1.82) is 0 Å². The number of hydrogen-bond acceptors (Lipinski definition) is 4. The second-order valence-electron chi connectivity index (χ2n) is 4.90. The Morgan fingerprint density at radius 3 is 2.71 bits per heavy atom. The molecule has 0 saturated carbocycles. The van der Waals surface area contributed by atoms with Gasteiger partial charge in [-0.05, 0) is 32.4 Å². The zero-order chi connectivity index (χ0) is 15.2. The van der Waals surface area contributed by atoms with Gasteiger partial charge in [-0.2, -0.15) is 0 Å². The third kappa shape index (κ3) is 3.66. The van der Waals surface area contributed by atoms with E-state index in [0.29, 0.717) is 12.0 Å². The molecule has 2 aromatic rings. The lowest BCUT2D eigenvalue weighted by Crippen LogP contribution is -2.33. The summed E-state index contributed by atoms with van der Waals surface area (Å²) in [7, 11) is 0. The maximum absolute atomic E-state index is 12.0. The van der Waals surface area contributed by atoms with Crippen molar-refractivity contribution in [2.45, 2.75) is 32.9 Å². The predicted molar refractivity (Wildman–Crippen MR) is 79.8 cm³/mol. The van der Waals surface area contributed by atoms with Gasteiger partial charge in [-0.1, -0.05) is 12.1 Å². The zero-order valence-electron chi connectivity index (χ0n) is 12.3. The summed E-state index contributed by atoms with van der Waals surface area (Å²) in [6, 6.07) is 7.21. The second kappa shape index (κ2) is 6.99. The monoisotopic (exact) mass is 288 g/mol. The van der Waals surface area contributed by atoms with E-state index in [4.69, 9.17) is 5.11 Å². The number of aliphatic hydroxyl groups is 1. The van der Waals surface area contributed by atoms with Crippen LogP contribution < -0.4 is 5.32 Å². The van der Waals surface area contributed by atoms with Crippen LogP contribution in [-0.4, -0.2) is 38.4 Å². The summed E-state index contributed by atoms with van der Waals surface area (Å²) in [5.41, 5.74) is 1.51. The summed E-state index contributed by atoms with van der Waals surface area (Å²) < 4.78 is 1.94. The number of aryl methyl sites for hydroxylation is 1. The Kier molecular flexibility index (Phi) is 5.05. The Hall–Kier alpha value is -2.21. The van der Waals surface area contributed by atoms with E-state index in [1.807, 2.05) is 30.5 Å². The molecule has 112 valence electrons. The van der Waals surface area contributed by atoms with Gasteiger partial charge in [-0.3, -0.25) is 4.79 Å². The number of rotatable bonds is 6.